The van der Waals surface area contributed by atoms with Crippen molar-refractivity contribution >= 4 is 23.5 Å². The zero-order chi connectivity index (χ0) is 11.2. The van der Waals surface area contributed by atoms with E-state index in [1.54, 1.807) is 14.0 Å². The number of guanidine groups is 1. The summed E-state index contributed by atoms with van der Waals surface area (Å²) < 4.78 is 0. The van der Waals surface area contributed by atoms with Crippen LogP contribution in [0.5, 0.6) is 0 Å². The molecule has 0 aromatic heterocycles. The summed E-state index contributed by atoms with van der Waals surface area (Å²) in [5.41, 5.74) is 5.61. The number of hydrogen-bond donors (Lipinski definition) is 3. The van der Waals surface area contributed by atoms with E-state index in [1.807, 2.05) is 0 Å². The number of aliphatic hydroxyl groups is 1. The molecule has 0 saturated carbocycles. The van der Waals surface area contributed by atoms with Gasteiger partial charge in [-0.2, -0.15) is 0 Å². The van der Waals surface area contributed by atoms with Crippen LogP contribution in [0.1, 0.15) is 6.92 Å². The molecule has 2 heterocycles. The van der Waals surface area contributed by atoms with Gasteiger partial charge in [0, 0.05) is 12.6 Å². The molecule has 8 heteroatoms. The molecular weight excluding hydrogens is 222 g/mol. The lowest BCUT2D eigenvalue weighted by Crippen LogP contribution is -2.49. The van der Waals surface area contributed by atoms with Crippen molar-refractivity contribution in [3.63, 3.8) is 0 Å². The maximum atomic E-state index is 11.7. The molecule has 2 rings (SSSR count). The first-order valence-electron chi connectivity index (χ1n) is 4.24. The van der Waals surface area contributed by atoms with E-state index in [0.29, 0.717) is 5.57 Å². The number of hydrazone groups is 1. The highest BCUT2D eigenvalue weighted by atomic mass is 35.5. The van der Waals surface area contributed by atoms with Gasteiger partial charge in [-0.15, -0.1) is 10.2 Å². The molecule has 0 bridgehead atoms. The summed E-state index contributed by atoms with van der Waals surface area (Å²) >= 11 is 5.77. The Bertz CT molecular complexity index is 380. The van der Waals surface area contributed by atoms with Gasteiger partial charge in [0.15, 0.2) is 6.23 Å². The molecule has 1 atom stereocenters. The zero-order valence-electron chi connectivity index (χ0n) is 8.15. The van der Waals surface area contributed by atoms with Crippen molar-refractivity contribution in [3.8, 4) is 0 Å². The number of carbonyl (C=O) groups is 1. The Labute approximate surface area is 90.9 Å². The second-order valence-corrected chi connectivity index (χ2v) is 3.64. The molecule has 0 radical (unpaired) electrons. The highest BCUT2D eigenvalue weighted by molar-refractivity contribution is 6.34. The molecule has 15 heavy (non-hydrogen) atoms. The first kappa shape index (κ1) is 10.2. The van der Waals surface area contributed by atoms with Crippen LogP contribution in [-0.4, -0.2) is 40.3 Å². The van der Waals surface area contributed by atoms with Gasteiger partial charge in [0.2, 0.25) is 5.96 Å². The Morgan fingerprint density at radius 2 is 2.27 bits per heavy atom. The summed E-state index contributed by atoms with van der Waals surface area (Å²) in [5.74, 6) is -0.152. The van der Waals surface area contributed by atoms with Crippen LogP contribution in [0.3, 0.4) is 0 Å². The van der Waals surface area contributed by atoms with E-state index in [-0.39, 0.29) is 16.9 Å². The molecule has 0 fully saturated rings. The highest BCUT2D eigenvalue weighted by Crippen LogP contribution is 2.27. The average molecular weight is 232 g/mol. The summed E-state index contributed by atoms with van der Waals surface area (Å²) in [5, 5.41) is 15.1. The first-order chi connectivity index (χ1) is 7.02. The number of nitrogens with zero attached hydrogens (tertiary/aromatic N) is 3. The van der Waals surface area contributed by atoms with Crippen molar-refractivity contribution in [1.29, 1.82) is 0 Å². The van der Waals surface area contributed by atoms with Gasteiger partial charge in [-0.05, 0) is 6.92 Å². The lowest BCUT2D eigenvalue weighted by atomic mass is 10.3. The van der Waals surface area contributed by atoms with Crippen molar-refractivity contribution in [2.75, 3.05) is 7.05 Å². The number of rotatable bonds is 0. The lowest BCUT2D eigenvalue weighted by Gasteiger charge is -2.20. The summed E-state index contributed by atoms with van der Waals surface area (Å²) in [6, 6.07) is 0. The normalized spacial score (nSPS) is 26.9. The summed E-state index contributed by atoms with van der Waals surface area (Å²) in [6.45, 7) is 1.56. The fourth-order valence-electron chi connectivity index (χ4n) is 1.34. The van der Waals surface area contributed by atoms with Crippen LogP contribution in [-0.2, 0) is 4.79 Å². The Morgan fingerprint density at radius 1 is 1.60 bits per heavy atom. The number of hydrogen-bond acceptors (Lipinski definition) is 6. The van der Waals surface area contributed by atoms with E-state index in [1.165, 1.54) is 5.12 Å². The van der Waals surface area contributed by atoms with Crippen molar-refractivity contribution in [2.45, 2.75) is 13.2 Å². The molecule has 0 aliphatic carbocycles. The highest BCUT2D eigenvalue weighted by Gasteiger charge is 2.39. The maximum Gasteiger partial charge on any atom is 0.260 e. The first-order valence-corrected chi connectivity index (χ1v) is 4.61. The molecule has 2 aliphatic heterocycles. The van der Waals surface area contributed by atoms with Crippen molar-refractivity contribution in [3.05, 3.63) is 10.6 Å². The van der Waals surface area contributed by atoms with E-state index in [2.05, 4.69) is 16.1 Å². The molecule has 7 nitrogen and oxygen atoms in total. The third kappa shape index (κ3) is 1.44. The van der Waals surface area contributed by atoms with Gasteiger partial charge in [-0.3, -0.25) is 10.2 Å². The third-order valence-corrected chi connectivity index (χ3v) is 2.65. The Hall–Kier alpha value is -1.31. The molecular formula is C7H10ClN5O2. The quantitative estimate of drug-likeness (QED) is 0.493. The van der Waals surface area contributed by atoms with Crippen LogP contribution in [0.4, 0.5) is 0 Å². The molecule has 2 aliphatic rings. The van der Waals surface area contributed by atoms with E-state index in [4.69, 9.17) is 11.6 Å². The van der Waals surface area contributed by atoms with Gasteiger partial charge in [0.1, 0.15) is 0 Å². The van der Waals surface area contributed by atoms with Crippen molar-refractivity contribution in [1.82, 2.24) is 21.0 Å². The minimum atomic E-state index is -1.17. The molecule has 1 unspecified atom stereocenters. The monoisotopic (exact) mass is 231 g/mol. The average Bonchev–Trinajstić information content (AvgIpc) is 2.68. The number of amides is 1. The standard InChI is InChI=1S/C7H10ClN5O2/c1-3-4(8)6(15)13(5(3)14)7-9-11-12(2)10-7/h6,11,15H,1-2H3,(H,9,10). The molecule has 82 valence electrons. The topological polar surface area (TPSA) is 80.2 Å². The Kier molecular flexibility index (Phi) is 2.29. The number of aliphatic hydroxyl groups excluding tert-OH is 1. The van der Waals surface area contributed by atoms with Gasteiger partial charge < -0.3 is 5.11 Å². The van der Waals surface area contributed by atoms with Gasteiger partial charge in [-0.1, -0.05) is 11.6 Å². The smallest absolute Gasteiger partial charge is 0.260 e. The SMILES string of the molecule is CC1=C(Cl)C(O)N(C2=NNN(C)N2)C1=O. The number of nitrogens with one attached hydrogen (secondary N) is 2. The van der Waals surface area contributed by atoms with Crippen LogP contribution in [0.2, 0.25) is 0 Å². The van der Waals surface area contributed by atoms with Gasteiger partial charge in [0.05, 0.1) is 5.03 Å². The van der Waals surface area contributed by atoms with Crippen molar-refractivity contribution in [2.24, 2.45) is 5.10 Å². The fraction of sp³-hybridized carbons (Fsp3) is 0.429. The molecule has 1 amide bonds. The van der Waals surface area contributed by atoms with Crippen LogP contribution in [0.25, 0.3) is 0 Å². The molecule has 0 spiro atoms. The molecule has 0 aromatic carbocycles. The third-order valence-electron chi connectivity index (χ3n) is 2.17. The minimum absolute atomic E-state index is 0.124. The molecule has 3 N–H and O–H groups in total. The van der Waals surface area contributed by atoms with Crippen LogP contribution in [0.15, 0.2) is 15.7 Å². The summed E-state index contributed by atoms with van der Waals surface area (Å²) in [7, 11) is 1.67. The predicted octanol–water partition coefficient (Wildman–Crippen LogP) is -1.11. The number of carbonyl (C=O) groups excluding carboxylic acids is 1. The van der Waals surface area contributed by atoms with Crippen LogP contribution in [0, 0.1) is 0 Å². The van der Waals surface area contributed by atoms with E-state index in [9.17, 15) is 9.90 Å². The predicted molar refractivity (Wildman–Crippen MR) is 52.9 cm³/mol. The van der Waals surface area contributed by atoms with Gasteiger partial charge >= 0.3 is 0 Å². The second kappa shape index (κ2) is 3.37. The van der Waals surface area contributed by atoms with E-state index < -0.39 is 6.23 Å². The second-order valence-electron chi connectivity index (χ2n) is 3.23. The maximum absolute atomic E-state index is 11.7. The number of hydrazine groups is 2. The fourth-order valence-corrected chi connectivity index (χ4v) is 1.52. The van der Waals surface area contributed by atoms with Gasteiger partial charge in [-0.25, -0.2) is 10.4 Å². The largest absolute Gasteiger partial charge is 0.368 e. The number of halogens is 1. The lowest BCUT2D eigenvalue weighted by molar-refractivity contribution is -0.126. The molecule has 0 aromatic rings. The summed E-state index contributed by atoms with van der Waals surface area (Å²) in [6.07, 6.45) is -1.17. The van der Waals surface area contributed by atoms with Crippen molar-refractivity contribution < 1.29 is 9.90 Å². The van der Waals surface area contributed by atoms with Crippen LogP contribution >= 0.6 is 11.6 Å². The summed E-state index contributed by atoms with van der Waals surface area (Å²) in [4.78, 5) is 12.8. The zero-order valence-corrected chi connectivity index (χ0v) is 8.91. The minimum Gasteiger partial charge on any atom is -0.368 e. The van der Waals surface area contributed by atoms with E-state index in [0.717, 1.165) is 4.90 Å². The van der Waals surface area contributed by atoms with Gasteiger partial charge in [0.25, 0.3) is 5.91 Å². The Balaban J connectivity index is 2.24. The Morgan fingerprint density at radius 3 is 2.67 bits per heavy atom. The van der Waals surface area contributed by atoms with E-state index >= 15 is 0 Å². The van der Waals surface area contributed by atoms with Crippen LogP contribution < -0.4 is 11.0 Å². The molecule has 0 saturated heterocycles.